The fraction of sp³-hybridized carbons (Fsp3) is 0.295. The number of ether oxygens (including phenoxy) is 6. The molecule has 0 aliphatic carbocycles. The zero-order chi connectivity index (χ0) is 40.0. The lowest BCUT2D eigenvalue weighted by Gasteiger charge is -2.55. The van der Waals surface area contributed by atoms with Crippen molar-refractivity contribution in [2.24, 2.45) is 0 Å². The van der Waals surface area contributed by atoms with Crippen molar-refractivity contribution >= 4 is 39.8 Å². The van der Waals surface area contributed by atoms with E-state index in [1.807, 2.05) is 84.9 Å². The largest absolute Gasteiger partial charge is 0.493 e. The number of methoxy groups -OCH3 is 6. The molecule has 13 heteroatoms. The maximum atomic E-state index is 15.9. The summed E-state index contributed by atoms with van der Waals surface area (Å²) in [4.78, 5) is 54.5. The highest BCUT2D eigenvalue weighted by molar-refractivity contribution is 5.95. The second-order valence-electron chi connectivity index (χ2n) is 14.2. The first-order chi connectivity index (χ1) is 27.8. The van der Waals surface area contributed by atoms with Crippen LogP contribution in [-0.4, -0.2) is 92.5 Å². The Balaban J connectivity index is 1.45. The maximum Gasteiger partial charge on any atom is 0.333 e. The summed E-state index contributed by atoms with van der Waals surface area (Å²) in [5.74, 6) is 0.230. The van der Waals surface area contributed by atoms with Crippen molar-refractivity contribution in [3.8, 4) is 23.0 Å². The Kier molecular flexibility index (Phi) is 9.90. The van der Waals surface area contributed by atoms with Crippen molar-refractivity contribution in [2.75, 3.05) is 42.7 Å². The summed E-state index contributed by atoms with van der Waals surface area (Å²) >= 11 is 0. The molecule has 0 saturated carbocycles. The Bertz CT molecular complexity index is 2490. The number of nitrogens with zero attached hydrogens (tertiary/aromatic N) is 2. The Morgan fingerprint density at radius 3 is 2.09 bits per heavy atom. The monoisotopic (exact) mass is 772 g/mol. The summed E-state index contributed by atoms with van der Waals surface area (Å²) in [5.41, 5.74) is 5.51. The molecule has 0 unspecified atom stereocenters. The van der Waals surface area contributed by atoms with E-state index in [-0.39, 0.29) is 12.8 Å². The first-order valence-electron chi connectivity index (χ1n) is 18.6. The lowest BCUT2D eigenvalue weighted by atomic mass is 9.73. The van der Waals surface area contributed by atoms with E-state index in [0.29, 0.717) is 28.6 Å². The van der Waals surface area contributed by atoms with E-state index in [4.69, 9.17) is 28.4 Å². The number of hydrogen-bond acceptors (Lipinski definition) is 9. The topological polar surface area (TPSA) is 145 Å². The van der Waals surface area contributed by atoms with E-state index >= 15 is 4.79 Å². The zero-order valence-corrected chi connectivity index (χ0v) is 32.5. The van der Waals surface area contributed by atoms with Gasteiger partial charge in [-0.15, -0.1) is 0 Å². The van der Waals surface area contributed by atoms with E-state index in [0.717, 1.165) is 44.2 Å². The van der Waals surface area contributed by atoms with E-state index in [1.54, 1.807) is 44.4 Å². The number of amides is 2. The Labute approximate surface area is 329 Å². The average Bonchev–Trinajstić information content (AvgIpc) is 3.85. The summed E-state index contributed by atoms with van der Waals surface area (Å²) in [5, 5.41) is 1.70. The molecule has 6 aromatic rings. The molecule has 4 heterocycles. The predicted molar refractivity (Wildman–Crippen MR) is 212 cm³/mol. The number of para-hydroxylation sites is 2. The molecular weight excluding hydrogens is 729 g/mol. The number of carbonyl (C=O) groups excluding carboxylic acids is 3. The molecule has 294 valence electrons. The van der Waals surface area contributed by atoms with Gasteiger partial charge in [0.1, 0.15) is 6.04 Å². The number of fused-ring (bicyclic) bond motifs is 6. The van der Waals surface area contributed by atoms with Gasteiger partial charge in [0.05, 0.1) is 48.7 Å². The third-order valence-electron chi connectivity index (χ3n) is 11.5. The number of H-pyrrole nitrogens is 2. The highest BCUT2D eigenvalue weighted by Gasteiger charge is 2.58. The van der Waals surface area contributed by atoms with Crippen molar-refractivity contribution < 1.29 is 42.8 Å². The molecule has 1 fully saturated rings. The minimum absolute atomic E-state index is 0.192. The number of benzene rings is 4. The SMILES string of the molecule is COC(=O)[C@H](c1c[nH]c2ccccc12)N1C(=O)N2[C@H](c3[nH]c4ccccc4c3C[C@H]2C(=O)OC)[C@@H](c2ccc(OC)c(OC)c2)[C@@H]1Cc1ccc(OC)c(OC)c1. The van der Waals surface area contributed by atoms with E-state index in [2.05, 4.69) is 9.97 Å². The Hall–Kier alpha value is -6.63. The Morgan fingerprint density at radius 1 is 0.754 bits per heavy atom. The van der Waals surface area contributed by atoms with Crippen LogP contribution in [0.1, 0.15) is 45.9 Å². The molecule has 2 N–H and O–H groups in total. The van der Waals surface area contributed by atoms with Crippen LogP contribution in [-0.2, 0) is 31.9 Å². The molecule has 2 aliphatic rings. The number of aromatic amines is 2. The van der Waals surface area contributed by atoms with Crippen molar-refractivity contribution in [3.05, 3.63) is 119 Å². The van der Waals surface area contributed by atoms with E-state index < -0.39 is 48.1 Å². The fourth-order valence-electron chi connectivity index (χ4n) is 8.98. The first-order valence-corrected chi connectivity index (χ1v) is 18.6. The highest BCUT2D eigenvalue weighted by atomic mass is 16.5. The van der Waals surface area contributed by atoms with Crippen molar-refractivity contribution in [1.29, 1.82) is 0 Å². The minimum Gasteiger partial charge on any atom is -0.493 e. The molecule has 2 aromatic heterocycles. The maximum absolute atomic E-state index is 15.9. The van der Waals surface area contributed by atoms with Gasteiger partial charge in [-0.2, -0.15) is 0 Å². The van der Waals surface area contributed by atoms with Crippen LogP contribution >= 0.6 is 0 Å². The van der Waals surface area contributed by atoms with Crippen LogP contribution in [0.5, 0.6) is 23.0 Å². The molecule has 5 atom stereocenters. The molecule has 0 spiro atoms. The van der Waals surface area contributed by atoms with Crippen LogP contribution in [0.4, 0.5) is 4.79 Å². The van der Waals surface area contributed by atoms with Crippen LogP contribution in [0.3, 0.4) is 0 Å². The lowest BCUT2D eigenvalue weighted by Crippen LogP contribution is -2.66. The molecule has 1 saturated heterocycles. The normalized spacial score (nSPS) is 19.4. The minimum atomic E-state index is -1.24. The summed E-state index contributed by atoms with van der Waals surface area (Å²) in [7, 11) is 8.91. The lowest BCUT2D eigenvalue weighted by molar-refractivity contribution is -0.152. The average molecular weight is 773 g/mol. The zero-order valence-electron chi connectivity index (χ0n) is 32.5. The standard InChI is InChI=1S/C44H44N4O9/c1-52-34-17-15-24(20-36(34)54-3)19-32-38(25-16-18-35(53-2)37(21-25)55-4)41-39-28(26-11-8-10-14-31(26)46-39)22-33(42(49)56-5)48(41)44(51)47(32)40(43(50)57-6)29-23-45-30-13-9-7-12-27(29)30/h7-18,20-21,23,32-33,38,40-41,45-46H,19,22H2,1-6H3/t32-,33-,38-,40-,41-/m0/s1. The third kappa shape index (κ3) is 6.14. The van der Waals surface area contributed by atoms with Crippen LogP contribution in [0.2, 0.25) is 0 Å². The fourth-order valence-corrected chi connectivity index (χ4v) is 8.98. The molecule has 8 rings (SSSR count). The first kappa shape index (κ1) is 37.3. The Morgan fingerprint density at radius 2 is 1.40 bits per heavy atom. The molecule has 2 aliphatic heterocycles. The van der Waals surface area contributed by atoms with Crippen LogP contribution in [0.25, 0.3) is 21.8 Å². The molecule has 0 bridgehead atoms. The number of carbonyl (C=O) groups is 3. The number of hydrogen-bond donors (Lipinski definition) is 2. The van der Waals surface area contributed by atoms with Gasteiger partial charge in [0.25, 0.3) is 0 Å². The molecule has 0 radical (unpaired) electrons. The number of rotatable bonds is 11. The van der Waals surface area contributed by atoms with Crippen LogP contribution < -0.4 is 18.9 Å². The van der Waals surface area contributed by atoms with Gasteiger partial charge in [-0.25, -0.2) is 14.4 Å². The van der Waals surface area contributed by atoms with E-state index in [1.165, 1.54) is 14.2 Å². The van der Waals surface area contributed by atoms with Crippen molar-refractivity contribution in [1.82, 2.24) is 19.8 Å². The molecule has 4 aromatic carbocycles. The summed E-state index contributed by atoms with van der Waals surface area (Å²) < 4.78 is 33.8. The van der Waals surface area contributed by atoms with Gasteiger partial charge in [-0.3, -0.25) is 0 Å². The number of esters is 2. The predicted octanol–water partition coefficient (Wildman–Crippen LogP) is 6.87. The number of aromatic nitrogens is 2. The molecule has 2 amide bonds. The van der Waals surface area contributed by atoms with Gasteiger partial charge in [-0.05, 0) is 59.5 Å². The highest BCUT2D eigenvalue weighted by Crippen LogP contribution is 2.54. The quantitative estimate of drug-likeness (QED) is 0.135. The smallest absolute Gasteiger partial charge is 0.333 e. The van der Waals surface area contributed by atoms with Crippen molar-refractivity contribution in [3.63, 3.8) is 0 Å². The summed E-state index contributed by atoms with van der Waals surface area (Å²) in [6.45, 7) is 0. The third-order valence-corrected chi connectivity index (χ3v) is 11.5. The number of urea groups is 1. The van der Waals surface area contributed by atoms with Crippen molar-refractivity contribution in [2.45, 2.75) is 42.9 Å². The van der Waals surface area contributed by atoms with Gasteiger partial charge >= 0.3 is 18.0 Å². The van der Waals surface area contributed by atoms with Gasteiger partial charge in [0.2, 0.25) is 0 Å². The van der Waals surface area contributed by atoms with Gasteiger partial charge in [-0.1, -0.05) is 48.5 Å². The van der Waals surface area contributed by atoms with Gasteiger partial charge in [0.15, 0.2) is 29.0 Å². The van der Waals surface area contributed by atoms with Gasteiger partial charge in [0, 0.05) is 57.6 Å². The van der Waals surface area contributed by atoms with Crippen LogP contribution in [0.15, 0.2) is 91.1 Å². The number of nitrogens with one attached hydrogen (secondary N) is 2. The summed E-state index contributed by atoms with van der Waals surface area (Å²) in [6.07, 6.45) is 2.19. The molecule has 57 heavy (non-hydrogen) atoms. The second kappa shape index (κ2) is 15.1. The second-order valence-corrected chi connectivity index (χ2v) is 14.2. The summed E-state index contributed by atoms with van der Waals surface area (Å²) in [6, 6.07) is 22.5. The van der Waals surface area contributed by atoms with Crippen LogP contribution in [0, 0.1) is 0 Å². The molecular formula is C44H44N4O9. The van der Waals surface area contributed by atoms with Gasteiger partial charge < -0.3 is 48.2 Å². The molecule has 13 nitrogen and oxygen atoms in total. The van der Waals surface area contributed by atoms with E-state index in [9.17, 15) is 9.59 Å².